The first kappa shape index (κ1) is 14.2. The first-order valence-corrected chi connectivity index (χ1v) is 6.58. The molecule has 1 aromatic carbocycles. The molecule has 106 valence electrons. The van der Waals surface area contributed by atoms with E-state index in [9.17, 15) is 4.79 Å². The number of benzene rings is 1. The van der Waals surface area contributed by atoms with Gasteiger partial charge in [-0.15, -0.1) is 0 Å². The molecule has 6 heteroatoms. The van der Waals surface area contributed by atoms with E-state index in [2.05, 4.69) is 20.7 Å². The number of aromatic nitrogens is 3. The Morgan fingerprint density at radius 2 is 2.25 bits per heavy atom. The molecular formula is C14H19N5O. The molecular weight excluding hydrogens is 254 g/mol. The molecule has 1 heterocycles. The Kier molecular flexibility index (Phi) is 4.84. The van der Waals surface area contributed by atoms with Crippen molar-refractivity contribution in [2.75, 3.05) is 11.9 Å². The largest absolute Gasteiger partial charge is 0.325 e. The van der Waals surface area contributed by atoms with Crippen molar-refractivity contribution in [2.24, 2.45) is 0 Å². The third-order valence-electron chi connectivity index (χ3n) is 2.69. The van der Waals surface area contributed by atoms with Crippen LogP contribution in [-0.2, 0) is 11.3 Å². The molecule has 0 spiro atoms. The van der Waals surface area contributed by atoms with Crippen LogP contribution in [0.25, 0.3) is 0 Å². The summed E-state index contributed by atoms with van der Waals surface area (Å²) in [6.07, 6.45) is 3.17. The molecule has 2 rings (SSSR count). The lowest BCUT2D eigenvalue weighted by Crippen LogP contribution is -2.32. The summed E-state index contributed by atoms with van der Waals surface area (Å²) in [5, 5.41) is 10.0. The fourth-order valence-corrected chi connectivity index (χ4v) is 1.75. The van der Waals surface area contributed by atoms with E-state index < -0.39 is 0 Å². The molecule has 0 fully saturated rings. The topological polar surface area (TPSA) is 71.8 Å². The highest BCUT2D eigenvalue weighted by atomic mass is 16.1. The normalized spacial score (nSPS) is 10.8. The van der Waals surface area contributed by atoms with E-state index in [-0.39, 0.29) is 5.91 Å². The van der Waals surface area contributed by atoms with Crippen LogP contribution in [0.1, 0.15) is 19.4 Å². The molecule has 0 aliphatic rings. The molecule has 1 aromatic heterocycles. The molecule has 0 atom stereocenters. The summed E-state index contributed by atoms with van der Waals surface area (Å²) in [5.74, 6) is -0.0448. The molecule has 2 N–H and O–H groups in total. The Morgan fingerprint density at radius 3 is 2.95 bits per heavy atom. The molecule has 2 aromatic rings. The zero-order valence-electron chi connectivity index (χ0n) is 11.7. The SMILES string of the molecule is CC(C)NCC(=O)Nc1cccc(Cn2cncn2)c1. The smallest absolute Gasteiger partial charge is 0.238 e. The van der Waals surface area contributed by atoms with Gasteiger partial charge in [0.1, 0.15) is 12.7 Å². The van der Waals surface area contributed by atoms with Gasteiger partial charge in [-0.2, -0.15) is 5.10 Å². The van der Waals surface area contributed by atoms with E-state index in [0.29, 0.717) is 19.1 Å². The monoisotopic (exact) mass is 273 g/mol. The minimum atomic E-state index is -0.0448. The number of nitrogens with one attached hydrogen (secondary N) is 2. The Balaban J connectivity index is 1.94. The second-order valence-electron chi connectivity index (χ2n) is 4.88. The minimum absolute atomic E-state index is 0.0448. The highest BCUT2D eigenvalue weighted by molar-refractivity contribution is 5.92. The van der Waals surface area contributed by atoms with Gasteiger partial charge >= 0.3 is 0 Å². The Morgan fingerprint density at radius 1 is 1.40 bits per heavy atom. The van der Waals surface area contributed by atoms with Gasteiger partial charge in [0, 0.05) is 11.7 Å². The predicted molar refractivity (Wildman–Crippen MR) is 77.3 cm³/mol. The first-order chi connectivity index (χ1) is 9.63. The average Bonchev–Trinajstić information content (AvgIpc) is 2.89. The Bertz CT molecular complexity index is 550. The van der Waals surface area contributed by atoms with Crippen molar-refractivity contribution in [3.8, 4) is 0 Å². The van der Waals surface area contributed by atoms with Crippen molar-refractivity contribution >= 4 is 11.6 Å². The molecule has 0 saturated carbocycles. The van der Waals surface area contributed by atoms with Crippen LogP contribution in [0.15, 0.2) is 36.9 Å². The maximum atomic E-state index is 11.7. The van der Waals surface area contributed by atoms with Crippen LogP contribution < -0.4 is 10.6 Å². The number of hydrogen-bond acceptors (Lipinski definition) is 4. The lowest BCUT2D eigenvalue weighted by molar-refractivity contribution is -0.115. The molecule has 6 nitrogen and oxygen atoms in total. The third-order valence-corrected chi connectivity index (χ3v) is 2.69. The van der Waals surface area contributed by atoms with Crippen molar-refractivity contribution in [2.45, 2.75) is 26.4 Å². The molecule has 1 amide bonds. The summed E-state index contributed by atoms with van der Waals surface area (Å²) in [7, 11) is 0. The highest BCUT2D eigenvalue weighted by Gasteiger charge is 2.04. The van der Waals surface area contributed by atoms with Crippen LogP contribution in [0.4, 0.5) is 5.69 Å². The van der Waals surface area contributed by atoms with E-state index in [4.69, 9.17) is 0 Å². The minimum Gasteiger partial charge on any atom is -0.325 e. The fraction of sp³-hybridized carbons (Fsp3) is 0.357. The molecule has 0 aliphatic carbocycles. The number of hydrogen-bond donors (Lipinski definition) is 2. The second kappa shape index (κ2) is 6.81. The van der Waals surface area contributed by atoms with Crippen LogP contribution in [0.2, 0.25) is 0 Å². The quantitative estimate of drug-likeness (QED) is 0.831. The van der Waals surface area contributed by atoms with E-state index in [1.807, 2.05) is 38.1 Å². The summed E-state index contributed by atoms with van der Waals surface area (Å²) in [4.78, 5) is 15.6. The van der Waals surface area contributed by atoms with Gasteiger partial charge in [0.15, 0.2) is 0 Å². The van der Waals surface area contributed by atoms with Gasteiger partial charge in [0.05, 0.1) is 13.1 Å². The zero-order chi connectivity index (χ0) is 14.4. The number of rotatable bonds is 6. The Labute approximate surface area is 118 Å². The third kappa shape index (κ3) is 4.47. The van der Waals surface area contributed by atoms with Crippen molar-refractivity contribution in [3.63, 3.8) is 0 Å². The van der Waals surface area contributed by atoms with Gasteiger partial charge in [0.25, 0.3) is 0 Å². The lowest BCUT2D eigenvalue weighted by Gasteiger charge is -2.10. The summed E-state index contributed by atoms with van der Waals surface area (Å²) in [6, 6.07) is 8.01. The Hall–Kier alpha value is -2.21. The molecule has 0 aliphatic heterocycles. The second-order valence-corrected chi connectivity index (χ2v) is 4.88. The van der Waals surface area contributed by atoms with E-state index >= 15 is 0 Å². The van der Waals surface area contributed by atoms with Gasteiger partial charge < -0.3 is 10.6 Å². The lowest BCUT2D eigenvalue weighted by atomic mass is 10.2. The van der Waals surface area contributed by atoms with E-state index in [0.717, 1.165) is 11.3 Å². The van der Waals surface area contributed by atoms with Gasteiger partial charge in [-0.05, 0) is 17.7 Å². The average molecular weight is 273 g/mol. The number of carbonyl (C=O) groups excluding carboxylic acids is 1. The maximum Gasteiger partial charge on any atom is 0.238 e. The number of carbonyl (C=O) groups is 1. The van der Waals surface area contributed by atoms with Gasteiger partial charge in [-0.3, -0.25) is 4.79 Å². The predicted octanol–water partition coefficient (Wildman–Crippen LogP) is 1.26. The van der Waals surface area contributed by atoms with Crippen molar-refractivity contribution in [3.05, 3.63) is 42.5 Å². The fourth-order valence-electron chi connectivity index (χ4n) is 1.75. The van der Waals surface area contributed by atoms with Crippen LogP contribution in [0.5, 0.6) is 0 Å². The molecule has 20 heavy (non-hydrogen) atoms. The summed E-state index contributed by atoms with van der Waals surface area (Å²) >= 11 is 0. The standard InChI is InChI=1S/C14H19N5O/c1-11(2)16-7-14(20)18-13-5-3-4-12(6-13)8-19-10-15-9-17-19/h3-6,9-11,16H,7-8H2,1-2H3,(H,18,20). The highest BCUT2D eigenvalue weighted by Crippen LogP contribution is 2.11. The van der Waals surface area contributed by atoms with Gasteiger partial charge in [0.2, 0.25) is 5.91 Å². The molecule has 0 radical (unpaired) electrons. The van der Waals surface area contributed by atoms with Crippen molar-refractivity contribution < 1.29 is 4.79 Å². The van der Waals surface area contributed by atoms with Crippen LogP contribution in [0, 0.1) is 0 Å². The summed E-state index contributed by atoms with van der Waals surface area (Å²) < 4.78 is 1.74. The van der Waals surface area contributed by atoms with Crippen LogP contribution in [-0.4, -0.2) is 33.3 Å². The number of nitrogens with zero attached hydrogens (tertiary/aromatic N) is 3. The van der Waals surface area contributed by atoms with E-state index in [1.54, 1.807) is 11.0 Å². The number of anilines is 1. The molecule has 0 saturated heterocycles. The van der Waals surface area contributed by atoms with Gasteiger partial charge in [-0.25, -0.2) is 9.67 Å². The molecule has 0 unspecified atom stereocenters. The summed E-state index contributed by atoms with van der Waals surface area (Å²) in [6.45, 7) is 4.96. The first-order valence-electron chi connectivity index (χ1n) is 6.58. The zero-order valence-corrected chi connectivity index (χ0v) is 11.7. The summed E-state index contributed by atoms with van der Waals surface area (Å²) in [5.41, 5.74) is 1.85. The molecule has 0 bridgehead atoms. The van der Waals surface area contributed by atoms with Gasteiger partial charge in [-0.1, -0.05) is 26.0 Å². The van der Waals surface area contributed by atoms with Crippen LogP contribution >= 0.6 is 0 Å². The van der Waals surface area contributed by atoms with Crippen molar-refractivity contribution in [1.29, 1.82) is 0 Å². The van der Waals surface area contributed by atoms with Crippen molar-refractivity contribution in [1.82, 2.24) is 20.1 Å². The van der Waals surface area contributed by atoms with Crippen LogP contribution in [0.3, 0.4) is 0 Å². The number of amides is 1. The maximum absolute atomic E-state index is 11.7. The van der Waals surface area contributed by atoms with E-state index in [1.165, 1.54) is 6.33 Å².